The zero-order valence-corrected chi connectivity index (χ0v) is 13.6. The minimum absolute atomic E-state index is 0.0912. The van der Waals surface area contributed by atoms with E-state index in [1.165, 1.54) is 25.7 Å². The zero-order chi connectivity index (χ0) is 15.1. The number of urea groups is 1. The summed E-state index contributed by atoms with van der Waals surface area (Å²) in [6, 6.07) is 7.96. The van der Waals surface area contributed by atoms with E-state index in [0.29, 0.717) is 18.4 Å². The van der Waals surface area contributed by atoms with Gasteiger partial charge < -0.3 is 15.0 Å². The Balaban J connectivity index is 1.97. The maximum Gasteiger partial charge on any atom is 0.321 e. The van der Waals surface area contributed by atoms with Crippen molar-refractivity contribution in [2.24, 2.45) is 0 Å². The maximum absolute atomic E-state index is 12.2. The van der Waals surface area contributed by atoms with Gasteiger partial charge in [0, 0.05) is 30.8 Å². The zero-order valence-electron chi connectivity index (χ0n) is 12.8. The maximum atomic E-state index is 12.2. The average molecular weight is 308 g/mol. The van der Waals surface area contributed by atoms with E-state index in [4.69, 9.17) is 4.74 Å². The molecule has 0 aliphatic heterocycles. The number of anilines is 1. The second-order valence-corrected chi connectivity index (χ2v) is 6.71. The smallest absolute Gasteiger partial charge is 0.321 e. The van der Waals surface area contributed by atoms with Crippen LogP contribution in [0.5, 0.6) is 0 Å². The van der Waals surface area contributed by atoms with Crippen LogP contribution in [0.2, 0.25) is 0 Å². The molecule has 2 rings (SSSR count). The van der Waals surface area contributed by atoms with E-state index in [9.17, 15) is 4.79 Å². The first-order valence-electron chi connectivity index (χ1n) is 7.47. The molecule has 0 bridgehead atoms. The summed E-state index contributed by atoms with van der Waals surface area (Å²) in [5.74, 6) is 0. The molecular weight excluding hydrogens is 284 g/mol. The molecular formula is C16H24N2O2S. The van der Waals surface area contributed by atoms with Crippen LogP contribution in [0.4, 0.5) is 10.5 Å². The summed E-state index contributed by atoms with van der Waals surface area (Å²) in [6.07, 6.45) is 5.21. The van der Waals surface area contributed by atoms with E-state index in [-0.39, 0.29) is 6.03 Å². The largest absolute Gasteiger partial charge is 0.383 e. The van der Waals surface area contributed by atoms with Crippen molar-refractivity contribution >= 4 is 23.5 Å². The number of nitrogens with one attached hydrogen (secondary N) is 1. The summed E-state index contributed by atoms with van der Waals surface area (Å²) < 4.78 is 5.00. The number of methoxy groups -OCH3 is 1. The molecule has 116 valence electrons. The summed E-state index contributed by atoms with van der Waals surface area (Å²) in [5, 5.41) is 3.69. The van der Waals surface area contributed by atoms with Gasteiger partial charge in [-0.25, -0.2) is 4.79 Å². The quantitative estimate of drug-likeness (QED) is 0.868. The van der Waals surface area contributed by atoms with Crippen LogP contribution in [-0.4, -0.2) is 43.5 Å². The van der Waals surface area contributed by atoms with Gasteiger partial charge in [0.25, 0.3) is 0 Å². The normalized spacial score (nSPS) is 15.1. The highest BCUT2D eigenvalue weighted by atomic mass is 32.2. The number of hydrogen-bond donors (Lipinski definition) is 1. The van der Waals surface area contributed by atoms with Crippen molar-refractivity contribution in [2.45, 2.75) is 35.8 Å². The number of likely N-dealkylation sites (N-methyl/N-ethyl adjacent to an activating group) is 1. The van der Waals surface area contributed by atoms with Crippen molar-refractivity contribution in [1.82, 2.24) is 4.90 Å². The molecule has 21 heavy (non-hydrogen) atoms. The average Bonchev–Trinajstić information content (AvgIpc) is 2.99. The number of thioether (sulfide) groups is 1. The molecule has 1 aliphatic carbocycles. The highest BCUT2D eigenvalue weighted by Crippen LogP contribution is 2.38. The van der Waals surface area contributed by atoms with E-state index >= 15 is 0 Å². The highest BCUT2D eigenvalue weighted by molar-refractivity contribution is 8.00. The number of carbonyl (C=O) groups excluding carboxylic acids is 1. The molecule has 0 spiro atoms. The molecule has 1 saturated carbocycles. The van der Waals surface area contributed by atoms with E-state index in [1.807, 2.05) is 30.0 Å². The van der Waals surface area contributed by atoms with E-state index < -0.39 is 0 Å². The van der Waals surface area contributed by atoms with Crippen LogP contribution in [0.15, 0.2) is 29.2 Å². The van der Waals surface area contributed by atoms with Crippen LogP contribution in [0, 0.1) is 0 Å². The topological polar surface area (TPSA) is 41.6 Å². The van der Waals surface area contributed by atoms with Gasteiger partial charge in [0.1, 0.15) is 0 Å². The monoisotopic (exact) mass is 308 g/mol. The molecule has 1 aromatic carbocycles. The van der Waals surface area contributed by atoms with Crippen LogP contribution in [0.25, 0.3) is 0 Å². The molecule has 5 heteroatoms. The molecule has 0 heterocycles. The predicted octanol–water partition coefficient (Wildman–Crippen LogP) is 3.83. The molecule has 4 nitrogen and oxygen atoms in total. The van der Waals surface area contributed by atoms with E-state index in [0.717, 1.165) is 10.6 Å². The van der Waals surface area contributed by atoms with Crippen LogP contribution < -0.4 is 5.32 Å². The van der Waals surface area contributed by atoms with Crippen molar-refractivity contribution < 1.29 is 9.53 Å². The molecule has 0 radical (unpaired) electrons. The SMILES string of the molecule is COCCN(C)C(=O)Nc1ccccc1SC1CCCC1. The Morgan fingerprint density at radius 3 is 2.81 bits per heavy atom. The van der Waals surface area contributed by atoms with Crippen LogP contribution in [0.3, 0.4) is 0 Å². The van der Waals surface area contributed by atoms with Crippen molar-refractivity contribution in [2.75, 3.05) is 32.6 Å². The lowest BCUT2D eigenvalue weighted by Gasteiger charge is -2.19. The van der Waals surface area contributed by atoms with Crippen LogP contribution >= 0.6 is 11.8 Å². The minimum atomic E-state index is -0.0912. The second-order valence-electron chi connectivity index (χ2n) is 5.36. The fraction of sp³-hybridized carbons (Fsp3) is 0.562. The highest BCUT2D eigenvalue weighted by Gasteiger charge is 2.18. The Bertz CT molecular complexity index is 461. The fourth-order valence-corrected chi connectivity index (χ4v) is 3.73. The molecule has 1 N–H and O–H groups in total. The lowest BCUT2D eigenvalue weighted by Crippen LogP contribution is -2.33. The predicted molar refractivity (Wildman–Crippen MR) is 88.1 cm³/mol. The van der Waals surface area contributed by atoms with Gasteiger partial charge in [0.15, 0.2) is 0 Å². The van der Waals surface area contributed by atoms with Gasteiger partial charge in [0.05, 0.1) is 12.3 Å². The Hall–Kier alpha value is -1.20. The number of carbonyl (C=O) groups is 1. The third kappa shape index (κ3) is 4.93. The molecule has 0 aromatic heterocycles. The fourth-order valence-electron chi connectivity index (χ4n) is 2.40. The number of para-hydroxylation sites is 1. The van der Waals surface area contributed by atoms with Gasteiger partial charge in [-0.05, 0) is 25.0 Å². The van der Waals surface area contributed by atoms with Crippen molar-refractivity contribution in [1.29, 1.82) is 0 Å². The van der Waals surface area contributed by atoms with E-state index in [2.05, 4.69) is 11.4 Å². The lowest BCUT2D eigenvalue weighted by atomic mass is 10.3. The van der Waals surface area contributed by atoms with Crippen molar-refractivity contribution in [3.63, 3.8) is 0 Å². The van der Waals surface area contributed by atoms with Crippen molar-refractivity contribution in [3.05, 3.63) is 24.3 Å². The lowest BCUT2D eigenvalue weighted by molar-refractivity contribution is 0.165. The number of nitrogens with zero attached hydrogens (tertiary/aromatic N) is 1. The van der Waals surface area contributed by atoms with Gasteiger partial charge in [-0.15, -0.1) is 11.8 Å². The molecule has 1 fully saturated rings. The van der Waals surface area contributed by atoms with Gasteiger partial charge >= 0.3 is 6.03 Å². The van der Waals surface area contributed by atoms with Gasteiger partial charge in [-0.1, -0.05) is 25.0 Å². The number of hydrogen-bond acceptors (Lipinski definition) is 3. The van der Waals surface area contributed by atoms with Gasteiger partial charge in [0.2, 0.25) is 0 Å². The second kappa shape index (κ2) is 8.29. The summed E-state index contributed by atoms with van der Waals surface area (Å²) >= 11 is 1.89. The number of amides is 2. The van der Waals surface area contributed by atoms with Crippen LogP contribution in [0.1, 0.15) is 25.7 Å². The minimum Gasteiger partial charge on any atom is -0.383 e. The summed E-state index contributed by atoms with van der Waals surface area (Å²) in [7, 11) is 3.42. The van der Waals surface area contributed by atoms with E-state index in [1.54, 1.807) is 19.1 Å². The summed E-state index contributed by atoms with van der Waals surface area (Å²) in [4.78, 5) is 15.0. The Kier molecular flexibility index (Phi) is 6.39. The third-order valence-electron chi connectivity index (χ3n) is 3.70. The summed E-state index contributed by atoms with van der Waals surface area (Å²) in [5.41, 5.74) is 0.906. The number of benzene rings is 1. The molecule has 0 unspecified atom stereocenters. The van der Waals surface area contributed by atoms with Crippen molar-refractivity contribution in [3.8, 4) is 0 Å². The molecule has 1 aliphatic rings. The Labute approximate surface area is 131 Å². The summed E-state index contributed by atoms with van der Waals surface area (Å²) in [6.45, 7) is 1.13. The number of rotatable bonds is 6. The molecule has 0 atom stereocenters. The Morgan fingerprint density at radius 2 is 2.10 bits per heavy atom. The third-order valence-corrected chi connectivity index (χ3v) is 5.12. The molecule has 0 saturated heterocycles. The van der Waals surface area contributed by atoms with Gasteiger partial charge in [-0.3, -0.25) is 0 Å². The molecule has 1 aromatic rings. The van der Waals surface area contributed by atoms with Crippen LogP contribution in [-0.2, 0) is 4.74 Å². The first kappa shape index (κ1) is 16.2. The standard InChI is InChI=1S/C16H24N2O2S/c1-18(11-12-20-2)16(19)17-14-9-5-6-10-15(14)21-13-7-3-4-8-13/h5-6,9-10,13H,3-4,7-8,11-12H2,1-2H3,(H,17,19). The van der Waals surface area contributed by atoms with Gasteiger partial charge in [-0.2, -0.15) is 0 Å². The molecule has 2 amide bonds. The Morgan fingerprint density at radius 1 is 1.38 bits per heavy atom. The number of ether oxygens (including phenoxy) is 1. The first-order valence-corrected chi connectivity index (χ1v) is 8.35. The first-order chi connectivity index (χ1) is 10.2.